The van der Waals surface area contributed by atoms with Crippen molar-refractivity contribution < 1.29 is 5.11 Å². The van der Waals surface area contributed by atoms with Crippen molar-refractivity contribution in [2.75, 3.05) is 31.1 Å². The van der Waals surface area contributed by atoms with Crippen LogP contribution in [0.2, 0.25) is 0 Å². The molecular formula is C13H21N3O. The molecule has 0 bridgehead atoms. The highest BCUT2D eigenvalue weighted by molar-refractivity contribution is 5.41. The quantitative estimate of drug-likeness (QED) is 0.664. The number of aliphatic hydroxyl groups is 1. The summed E-state index contributed by atoms with van der Waals surface area (Å²) in [5, 5.41) is 12.3. The summed E-state index contributed by atoms with van der Waals surface area (Å²) in [6, 6.07) is 4.04. The molecule has 4 nitrogen and oxygen atoms in total. The zero-order valence-corrected chi connectivity index (χ0v) is 10.4. The van der Waals surface area contributed by atoms with E-state index in [0.717, 1.165) is 18.9 Å². The molecule has 1 rings (SSSR count). The zero-order chi connectivity index (χ0) is 12.5. The third kappa shape index (κ3) is 4.54. The van der Waals surface area contributed by atoms with Crippen LogP contribution in [0.5, 0.6) is 0 Å². The van der Waals surface area contributed by atoms with E-state index < -0.39 is 0 Å². The second kappa shape index (κ2) is 7.81. The molecule has 0 fully saturated rings. The standard InChI is InChI=1S/C13H21N3O/c1-3-7-16(8-9-17)13-10-12(5-6-15-13)11-14-4-2/h3,5-6,10,14,17H,1,4,7-9,11H2,2H3. The van der Waals surface area contributed by atoms with Crippen molar-refractivity contribution in [3.8, 4) is 0 Å². The molecular weight excluding hydrogens is 214 g/mol. The zero-order valence-electron chi connectivity index (χ0n) is 10.4. The fraction of sp³-hybridized carbons (Fsp3) is 0.462. The molecule has 0 saturated heterocycles. The minimum absolute atomic E-state index is 0.118. The number of pyridine rings is 1. The van der Waals surface area contributed by atoms with Gasteiger partial charge in [-0.1, -0.05) is 13.0 Å². The van der Waals surface area contributed by atoms with E-state index >= 15 is 0 Å². The number of hydrogen-bond donors (Lipinski definition) is 2. The third-order valence-corrected chi connectivity index (χ3v) is 2.43. The predicted molar refractivity (Wildman–Crippen MR) is 71.1 cm³/mol. The molecule has 1 aromatic rings. The topological polar surface area (TPSA) is 48.4 Å². The van der Waals surface area contributed by atoms with Gasteiger partial charge in [0.15, 0.2) is 0 Å². The molecule has 0 amide bonds. The molecule has 94 valence electrons. The number of hydrogen-bond acceptors (Lipinski definition) is 4. The maximum absolute atomic E-state index is 9.02. The van der Waals surface area contributed by atoms with Crippen LogP contribution in [0.25, 0.3) is 0 Å². The third-order valence-electron chi connectivity index (χ3n) is 2.43. The van der Waals surface area contributed by atoms with E-state index in [1.54, 1.807) is 6.20 Å². The predicted octanol–water partition coefficient (Wildman–Crippen LogP) is 1.18. The Hall–Kier alpha value is -1.39. The molecule has 1 heterocycles. The van der Waals surface area contributed by atoms with E-state index in [4.69, 9.17) is 5.11 Å². The van der Waals surface area contributed by atoms with Gasteiger partial charge in [0.2, 0.25) is 0 Å². The Kier molecular flexibility index (Phi) is 6.29. The summed E-state index contributed by atoms with van der Waals surface area (Å²) < 4.78 is 0. The molecule has 0 aliphatic rings. The van der Waals surface area contributed by atoms with Gasteiger partial charge < -0.3 is 15.3 Å². The first-order valence-corrected chi connectivity index (χ1v) is 5.94. The Morgan fingerprint density at radius 3 is 3.06 bits per heavy atom. The van der Waals surface area contributed by atoms with E-state index in [-0.39, 0.29) is 6.61 Å². The fourth-order valence-electron chi connectivity index (χ4n) is 1.59. The van der Waals surface area contributed by atoms with Crippen molar-refractivity contribution in [1.82, 2.24) is 10.3 Å². The summed E-state index contributed by atoms with van der Waals surface area (Å²) in [7, 11) is 0. The minimum atomic E-state index is 0.118. The first-order valence-electron chi connectivity index (χ1n) is 5.94. The average molecular weight is 235 g/mol. The Morgan fingerprint density at radius 2 is 2.41 bits per heavy atom. The number of rotatable bonds is 8. The van der Waals surface area contributed by atoms with E-state index in [9.17, 15) is 0 Å². The van der Waals surface area contributed by atoms with Crippen LogP contribution in [-0.4, -0.2) is 36.3 Å². The van der Waals surface area contributed by atoms with Crippen molar-refractivity contribution in [3.05, 3.63) is 36.5 Å². The van der Waals surface area contributed by atoms with Gasteiger partial charge in [-0.05, 0) is 24.2 Å². The maximum Gasteiger partial charge on any atom is 0.129 e. The van der Waals surface area contributed by atoms with Crippen molar-refractivity contribution in [3.63, 3.8) is 0 Å². The van der Waals surface area contributed by atoms with E-state index in [1.807, 2.05) is 23.1 Å². The van der Waals surface area contributed by atoms with Crippen LogP contribution in [0.15, 0.2) is 31.0 Å². The molecule has 2 N–H and O–H groups in total. The summed E-state index contributed by atoms with van der Waals surface area (Å²) in [6.45, 7) is 8.97. The summed E-state index contributed by atoms with van der Waals surface area (Å²) in [6.07, 6.45) is 3.61. The van der Waals surface area contributed by atoms with Crippen molar-refractivity contribution in [2.24, 2.45) is 0 Å². The lowest BCUT2D eigenvalue weighted by Gasteiger charge is -2.21. The van der Waals surface area contributed by atoms with Crippen LogP contribution in [-0.2, 0) is 6.54 Å². The number of nitrogens with one attached hydrogen (secondary N) is 1. The molecule has 0 aromatic carbocycles. The summed E-state index contributed by atoms with van der Waals surface area (Å²) >= 11 is 0. The summed E-state index contributed by atoms with van der Waals surface area (Å²) in [5.74, 6) is 0.884. The highest BCUT2D eigenvalue weighted by atomic mass is 16.3. The largest absolute Gasteiger partial charge is 0.395 e. The molecule has 0 spiro atoms. The lowest BCUT2D eigenvalue weighted by molar-refractivity contribution is 0.302. The van der Waals surface area contributed by atoms with Crippen molar-refractivity contribution in [1.29, 1.82) is 0 Å². The highest BCUT2D eigenvalue weighted by Crippen LogP contribution is 2.12. The second-order valence-corrected chi connectivity index (χ2v) is 3.76. The van der Waals surface area contributed by atoms with Gasteiger partial charge in [-0.2, -0.15) is 0 Å². The van der Waals surface area contributed by atoms with Crippen molar-refractivity contribution >= 4 is 5.82 Å². The lowest BCUT2D eigenvalue weighted by atomic mass is 10.2. The normalized spacial score (nSPS) is 10.2. The summed E-state index contributed by atoms with van der Waals surface area (Å²) in [5.41, 5.74) is 1.20. The molecule has 0 aliphatic heterocycles. The molecule has 0 saturated carbocycles. The Bertz CT molecular complexity index is 341. The van der Waals surface area contributed by atoms with Crippen LogP contribution >= 0.6 is 0 Å². The van der Waals surface area contributed by atoms with Crippen LogP contribution in [0.1, 0.15) is 12.5 Å². The van der Waals surface area contributed by atoms with Gasteiger partial charge in [-0.15, -0.1) is 6.58 Å². The van der Waals surface area contributed by atoms with Gasteiger partial charge in [0, 0.05) is 25.8 Å². The Morgan fingerprint density at radius 1 is 1.59 bits per heavy atom. The maximum atomic E-state index is 9.02. The SMILES string of the molecule is C=CCN(CCO)c1cc(CNCC)ccn1. The highest BCUT2D eigenvalue weighted by Gasteiger charge is 2.05. The molecule has 1 aromatic heterocycles. The van der Waals surface area contributed by atoms with Crippen LogP contribution in [0, 0.1) is 0 Å². The number of anilines is 1. The summed E-state index contributed by atoms with van der Waals surface area (Å²) in [4.78, 5) is 6.33. The Labute approximate surface area is 103 Å². The van der Waals surface area contributed by atoms with Gasteiger partial charge in [0.1, 0.15) is 5.82 Å². The van der Waals surface area contributed by atoms with Gasteiger partial charge in [0.05, 0.1) is 6.61 Å². The first kappa shape index (κ1) is 13.7. The van der Waals surface area contributed by atoms with Crippen LogP contribution in [0.4, 0.5) is 5.82 Å². The molecule has 0 atom stereocenters. The smallest absolute Gasteiger partial charge is 0.129 e. The first-order chi connectivity index (χ1) is 8.31. The number of nitrogens with zero attached hydrogens (tertiary/aromatic N) is 2. The second-order valence-electron chi connectivity index (χ2n) is 3.76. The minimum Gasteiger partial charge on any atom is -0.395 e. The molecule has 4 heteroatoms. The van der Waals surface area contributed by atoms with Gasteiger partial charge in [-0.25, -0.2) is 4.98 Å². The van der Waals surface area contributed by atoms with Crippen molar-refractivity contribution in [2.45, 2.75) is 13.5 Å². The Balaban J connectivity index is 2.75. The van der Waals surface area contributed by atoms with E-state index in [1.165, 1.54) is 5.56 Å². The van der Waals surface area contributed by atoms with E-state index in [2.05, 4.69) is 23.8 Å². The molecule has 0 aliphatic carbocycles. The number of aliphatic hydroxyl groups excluding tert-OH is 1. The number of aromatic nitrogens is 1. The lowest BCUT2D eigenvalue weighted by Crippen LogP contribution is -2.27. The van der Waals surface area contributed by atoms with Gasteiger partial charge in [-0.3, -0.25) is 0 Å². The monoisotopic (exact) mass is 235 g/mol. The molecule has 0 radical (unpaired) electrons. The molecule has 17 heavy (non-hydrogen) atoms. The molecule has 0 unspecified atom stereocenters. The van der Waals surface area contributed by atoms with Crippen LogP contribution < -0.4 is 10.2 Å². The fourth-order valence-corrected chi connectivity index (χ4v) is 1.59. The van der Waals surface area contributed by atoms with E-state index in [0.29, 0.717) is 13.1 Å². The van der Waals surface area contributed by atoms with Gasteiger partial charge >= 0.3 is 0 Å². The average Bonchev–Trinajstić information content (AvgIpc) is 2.36. The van der Waals surface area contributed by atoms with Crippen LogP contribution in [0.3, 0.4) is 0 Å². The van der Waals surface area contributed by atoms with Gasteiger partial charge in [0.25, 0.3) is 0 Å².